The molecule has 2 heteroatoms. The van der Waals surface area contributed by atoms with Crippen LogP contribution < -0.4 is 0 Å². The second-order valence-electron chi connectivity index (χ2n) is 7.29. The van der Waals surface area contributed by atoms with Gasteiger partial charge in [0, 0.05) is 11.3 Å². The Balaban J connectivity index is 2.05. The summed E-state index contributed by atoms with van der Waals surface area (Å²) in [5.41, 5.74) is 8.72. The molecule has 0 amide bonds. The van der Waals surface area contributed by atoms with Gasteiger partial charge in [0.2, 0.25) is 0 Å². The fourth-order valence-electron chi connectivity index (χ4n) is 4.05. The van der Waals surface area contributed by atoms with Crippen LogP contribution >= 0.6 is 0 Å². The van der Waals surface area contributed by atoms with Crippen molar-refractivity contribution < 1.29 is 0 Å². The molecule has 2 nitrogen and oxygen atoms in total. The monoisotopic (exact) mass is 328 g/mol. The number of benzene rings is 2. The van der Waals surface area contributed by atoms with E-state index in [2.05, 4.69) is 86.9 Å². The highest BCUT2D eigenvalue weighted by Gasteiger charge is 2.22. The number of imidazole rings is 1. The average molecular weight is 328 g/mol. The first-order valence-corrected chi connectivity index (χ1v) is 8.98. The van der Waals surface area contributed by atoms with Crippen LogP contribution in [0.5, 0.6) is 0 Å². The van der Waals surface area contributed by atoms with Crippen LogP contribution in [0.15, 0.2) is 65.8 Å². The molecule has 0 radical (unpaired) electrons. The zero-order valence-electron chi connectivity index (χ0n) is 15.4. The predicted molar refractivity (Wildman–Crippen MR) is 106 cm³/mol. The van der Waals surface area contributed by atoms with Crippen molar-refractivity contribution in [3.05, 3.63) is 71.3 Å². The lowest BCUT2D eigenvalue weighted by Crippen LogP contribution is -2.10. The summed E-state index contributed by atoms with van der Waals surface area (Å²) >= 11 is 0. The molecule has 2 aromatic carbocycles. The van der Waals surface area contributed by atoms with Crippen LogP contribution in [0.3, 0.4) is 0 Å². The maximum atomic E-state index is 5.01. The van der Waals surface area contributed by atoms with Crippen molar-refractivity contribution in [2.24, 2.45) is 5.92 Å². The van der Waals surface area contributed by atoms with Crippen molar-refractivity contribution >= 4 is 16.7 Å². The average Bonchev–Trinajstić information content (AvgIpc) is 2.93. The summed E-state index contributed by atoms with van der Waals surface area (Å²) < 4.78 is 2.36. The van der Waals surface area contributed by atoms with Crippen LogP contribution in [0.25, 0.3) is 28.1 Å². The van der Waals surface area contributed by atoms with E-state index in [4.69, 9.17) is 4.98 Å². The minimum atomic E-state index is 0.598. The summed E-state index contributed by atoms with van der Waals surface area (Å²) in [7, 11) is 0. The van der Waals surface area contributed by atoms with Crippen LogP contribution in [0.2, 0.25) is 0 Å². The number of hydrogen-bond donors (Lipinski definition) is 0. The molecule has 1 aromatic heterocycles. The first-order valence-electron chi connectivity index (χ1n) is 8.98. The molecule has 1 unspecified atom stereocenters. The third-order valence-corrected chi connectivity index (χ3v) is 5.01. The summed E-state index contributed by atoms with van der Waals surface area (Å²) in [5, 5.41) is 0. The van der Waals surface area contributed by atoms with E-state index in [0.717, 1.165) is 23.3 Å². The summed E-state index contributed by atoms with van der Waals surface area (Å²) in [6.07, 6.45) is 3.49. The summed E-state index contributed by atoms with van der Waals surface area (Å²) in [4.78, 5) is 5.01. The molecule has 0 saturated carbocycles. The van der Waals surface area contributed by atoms with Crippen LogP contribution in [-0.4, -0.2) is 9.55 Å². The summed E-state index contributed by atoms with van der Waals surface area (Å²) in [5.74, 6) is 1.62. The molecule has 1 aliphatic carbocycles. The zero-order valence-corrected chi connectivity index (χ0v) is 15.4. The number of rotatable bonds is 2. The van der Waals surface area contributed by atoms with Crippen molar-refractivity contribution in [3.63, 3.8) is 0 Å². The normalized spacial score (nSPS) is 17.9. The minimum Gasteiger partial charge on any atom is -0.292 e. The van der Waals surface area contributed by atoms with Crippen molar-refractivity contribution in [2.45, 2.75) is 34.1 Å². The molecule has 1 aliphatic rings. The number of aromatic nitrogens is 2. The van der Waals surface area contributed by atoms with Gasteiger partial charge in [-0.3, -0.25) is 4.57 Å². The Kier molecular flexibility index (Phi) is 3.84. The first-order chi connectivity index (χ1) is 12.0. The molecule has 25 heavy (non-hydrogen) atoms. The van der Waals surface area contributed by atoms with Crippen LogP contribution in [0.4, 0.5) is 0 Å². The van der Waals surface area contributed by atoms with E-state index in [1.54, 1.807) is 0 Å². The smallest absolute Gasteiger partial charge is 0.145 e. The zero-order chi connectivity index (χ0) is 17.6. The summed E-state index contributed by atoms with van der Waals surface area (Å²) in [6, 6.07) is 17.1. The maximum Gasteiger partial charge on any atom is 0.145 e. The Hall–Kier alpha value is -2.61. The molecule has 0 saturated heterocycles. The second kappa shape index (κ2) is 6.03. The molecule has 0 aliphatic heterocycles. The van der Waals surface area contributed by atoms with Gasteiger partial charge >= 0.3 is 0 Å². The maximum absolute atomic E-state index is 5.01. The molecule has 0 spiro atoms. The van der Waals surface area contributed by atoms with E-state index in [0.29, 0.717) is 5.92 Å². The van der Waals surface area contributed by atoms with Gasteiger partial charge in [-0.1, -0.05) is 49.4 Å². The number of fused-ring (bicyclic) bond motifs is 1. The number of allylic oxidation sites excluding steroid dienone is 4. The lowest BCUT2D eigenvalue weighted by molar-refractivity contribution is 0.697. The lowest BCUT2D eigenvalue weighted by Gasteiger charge is -2.24. The lowest BCUT2D eigenvalue weighted by atomic mass is 9.90. The molecule has 1 atom stereocenters. The number of nitrogens with zero attached hydrogens (tertiary/aromatic N) is 2. The van der Waals surface area contributed by atoms with Crippen molar-refractivity contribution in [3.8, 4) is 11.4 Å². The molecule has 0 bridgehead atoms. The van der Waals surface area contributed by atoms with E-state index >= 15 is 0 Å². The Labute approximate surface area is 149 Å². The van der Waals surface area contributed by atoms with Gasteiger partial charge in [-0.05, 0) is 62.0 Å². The van der Waals surface area contributed by atoms with E-state index in [9.17, 15) is 0 Å². The van der Waals surface area contributed by atoms with E-state index in [-0.39, 0.29) is 0 Å². The Morgan fingerprint density at radius 1 is 1.00 bits per heavy atom. The molecule has 4 rings (SSSR count). The minimum absolute atomic E-state index is 0.598. The third-order valence-electron chi connectivity index (χ3n) is 5.01. The fraction of sp³-hybridized carbons (Fsp3) is 0.261. The third kappa shape index (κ3) is 2.72. The molecule has 0 N–H and O–H groups in total. The van der Waals surface area contributed by atoms with Crippen molar-refractivity contribution in [1.82, 2.24) is 9.55 Å². The topological polar surface area (TPSA) is 17.8 Å². The van der Waals surface area contributed by atoms with Crippen LogP contribution in [-0.2, 0) is 0 Å². The number of hydrogen-bond acceptors (Lipinski definition) is 1. The Morgan fingerprint density at radius 2 is 1.76 bits per heavy atom. The highest BCUT2D eigenvalue weighted by atomic mass is 15.1. The SMILES string of the molecule is CC1=CC(C)CC(C)=C1n1c(-c2ccccc2)nc2cc(C)ccc21. The largest absolute Gasteiger partial charge is 0.292 e. The first kappa shape index (κ1) is 15.9. The van der Waals surface area contributed by atoms with Gasteiger partial charge in [-0.25, -0.2) is 4.98 Å². The Bertz CT molecular complexity index is 1000. The summed E-state index contributed by atoms with van der Waals surface area (Å²) in [6.45, 7) is 8.90. The van der Waals surface area contributed by atoms with Gasteiger partial charge < -0.3 is 0 Å². The highest BCUT2D eigenvalue weighted by Crippen LogP contribution is 2.37. The van der Waals surface area contributed by atoms with Crippen molar-refractivity contribution in [1.29, 1.82) is 0 Å². The molecular formula is C23H24N2. The van der Waals surface area contributed by atoms with Gasteiger partial charge in [0.05, 0.1) is 11.0 Å². The molecular weight excluding hydrogens is 304 g/mol. The van der Waals surface area contributed by atoms with Gasteiger partial charge in [-0.15, -0.1) is 0 Å². The predicted octanol–water partition coefficient (Wildman–Crippen LogP) is 6.23. The van der Waals surface area contributed by atoms with E-state index in [1.165, 1.54) is 27.9 Å². The van der Waals surface area contributed by atoms with Gasteiger partial charge in [0.25, 0.3) is 0 Å². The van der Waals surface area contributed by atoms with Crippen LogP contribution in [0, 0.1) is 12.8 Å². The Morgan fingerprint density at radius 3 is 2.48 bits per heavy atom. The quantitative estimate of drug-likeness (QED) is 0.545. The van der Waals surface area contributed by atoms with Gasteiger partial charge in [0.15, 0.2) is 0 Å². The highest BCUT2D eigenvalue weighted by molar-refractivity contribution is 5.89. The standard InChI is InChI=1S/C23H24N2/c1-15-10-11-21-20(14-15)24-23(19-8-6-5-7-9-19)25(21)22-17(3)12-16(2)13-18(22)4/h5-12,14,16H,13H2,1-4H3. The van der Waals surface area contributed by atoms with E-state index < -0.39 is 0 Å². The van der Waals surface area contributed by atoms with Crippen molar-refractivity contribution in [2.75, 3.05) is 0 Å². The van der Waals surface area contributed by atoms with Gasteiger partial charge in [-0.2, -0.15) is 0 Å². The van der Waals surface area contributed by atoms with Gasteiger partial charge in [0.1, 0.15) is 5.82 Å². The molecule has 0 fully saturated rings. The molecule has 3 aromatic rings. The van der Waals surface area contributed by atoms with Crippen LogP contribution in [0.1, 0.15) is 32.8 Å². The second-order valence-corrected chi connectivity index (χ2v) is 7.29. The number of aryl methyl sites for hydroxylation is 1. The fourth-order valence-corrected chi connectivity index (χ4v) is 4.05. The van der Waals surface area contributed by atoms with E-state index in [1.807, 2.05) is 0 Å². The molecule has 1 heterocycles. The molecule has 126 valence electrons.